The van der Waals surface area contributed by atoms with Gasteiger partial charge in [-0.1, -0.05) is 73.2 Å². The van der Waals surface area contributed by atoms with Gasteiger partial charge in [0.25, 0.3) is 0 Å². The molecule has 0 unspecified atom stereocenters. The Morgan fingerprint density at radius 1 is 1.10 bits per heavy atom. The summed E-state index contributed by atoms with van der Waals surface area (Å²) in [5.74, 6) is 0. The van der Waals surface area contributed by atoms with Crippen LogP contribution in [0.3, 0.4) is 0 Å². The molecule has 1 fully saturated rings. The van der Waals surface area contributed by atoms with E-state index in [0.29, 0.717) is 16.9 Å². The largest absolute Gasteiger partial charge is 0.412 e. The van der Waals surface area contributed by atoms with Gasteiger partial charge in [0.15, 0.2) is 0 Å². The number of rotatable bonds is 4. The molecule has 1 saturated heterocycles. The Hall–Kier alpha value is -0.940. The Morgan fingerprint density at radius 3 is 2.16 bits per heavy atom. The molecule has 31 heavy (non-hydrogen) atoms. The third-order valence-corrected chi connectivity index (χ3v) is 6.26. The van der Waals surface area contributed by atoms with Crippen LogP contribution < -0.4 is 5.32 Å². The molecule has 0 saturated carbocycles. The van der Waals surface area contributed by atoms with Gasteiger partial charge in [-0.25, -0.2) is 0 Å². The van der Waals surface area contributed by atoms with Gasteiger partial charge in [-0.15, -0.1) is 0 Å². The van der Waals surface area contributed by atoms with Crippen molar-refractivity contribution in [2.24, 2.45) is 5.41 Å². The lowest BCUT2D eigenvalue weighted by Gasteiger charge is -2.47. The van der Waals surface area contributed by atoms with E-state index in [1.165, 1.54) is 51.7 Å². The molecule has 1 aliphatic heterocycles. The van der Waals surface area contributed by atoms with Gasteiger partial charge in [0.1, 0.15) is 0 Å². The number of likely N-dealkylation sites (tertiary alicyclic amines) is 1. The molecule has 186 valence electrons. The van der Waals surface area contributed by atoms with Gasteiger partial charge in [0, 0.05) is 14.1 Å². The van der Waals surface area contributed by atoms with Crippen LogP contribution >= 0.6 is 0 Å². The van der Waals surface area contributed by atoms with Crippen LogP contribution in [0.5, 0.6) is 0 Å². The normalized spacial score (nSPS) is 19.4. The minimum absolute atomic E-state index is 0. The monoisotopic (exact) mass is 440 g/mol. The highest BCUT2D eigenvalue weighted by Crippen LogP contribution is 2.47. The summed E-state index contributed by atoms with van der Waals surface area (Å²) in [6.45, 7) is 20.1. The quantitative estimate of drug-likeness (QED) is 0.605. The number of benzene rings is 1. The average Bonchev–Trinajstić information content (AvgIpc) is 2.72. The number of fused-ring (bicyclic) bond motifs is 2. The third kappa shape index (κ3) is 9.61. The minimum atomic E-state index is 0. The second-order valence-corrected chi connectivity index (χ2v) is 9.49. The van der Waals surface area contributed by atoms with Crippen LogP contribution in [0.25, 0.3) is 0 Å². The van der Waals surface area contributed by atoms with Crippen LogP contribution in [0.15, 0.2) is 24.3 Å². The van der Waals surface area contributed by atoms with Crippen molar-refractivity contribution in [1.82, 2.24) is 10.2 Å². The Kier molecular flexibility index (Phi) is 16.4. The number of piperidine rings is 1. The smallest absolute Gasteiger partial charge is 0.0402 e. The Morgan fingerprint density at radius 2 is 1.65 bits per heavy atom. The molecule has 2 aliphatic rings. The van der Waals surface area contributed by atoms with Crippen molar-refractivity contribution < 1.29 is 12.0 Å². The first-order valence-electron chi connectivity index (χ1n) is 12.0. The van der Waals surface area contributed by atoms with Crippen molar-refractivity contribution in [3.8, 4) is 0 Å². The van der Waals surface area contributed by atoms with Crippen molar-refractivity contribution in [2.45, 2.75) is 99.5 Å². The van der Waals surface area contributed by atoms with Crippen molar-refractivity contribution >= 4 is 0 Å². The fourth-order valence-corrected chi connectivity index (χ4v) is 4.67. The van der Waals surface area contributed by atoms with Gasteiger partial charge >= 0.3 is 0 Å². The summed E-state index contributed by atoms with van der Waals surface area (Å²) in [5, 5.41) is 11.3. The molecule has 4 N–H and O–H groups in total. The molecule has 1 heterocycles. The Balaban J connectivity index is -0.000000972. The van der Waals surface area contributed by atoms with Crippen LogP contribution in [0.2, 0.25) is 0 Å². The zero-order valence-corrected chi connectivity index (χ0v) is 20.9. The molecule has 1 aromatic rings. The number of hydrogen-bond acceptors (Lipinski definition) is 3. The summed E-state index contributed by atoms with van der Waals surface area (Å²) in [6.07, 6.45) is 6.64. The van der Waals surface area contributed by atoms with E-state index >= 15 is 0 Å². The van der Waals surface area contributed by atoms with Crippen molar-refractivity contribution in [3.63, 3.8) is 0 Å². The molecule has 0 radical (unpaired) electrons. The molecule has 4 nitrogen and oxygen atoms in total. The van der Waals surface area contributed by atoms with Crippen LogP contribution in [0, 0.1) is 5.41 Å². The predicted octanol–water partition coefficient (Wildman–Crippen LogP) is 5.98. The number of aliphatic hydroxyl groups is 1. The fourth-order valence-electron chi connectivity index (χ4n) is 4.67. The molecule has 0 aromatic heterocycles. The number of hydrogen-bond donors (Lipinski definition) is 2. The first kappa shape index (κ1) is 32.2. The molecule has 0 bridgehead atoms. The summed E-state index contributed by atoms with van der Waals surface area (Å²) >= 11 is 0. The van der Waals surface area contributed by atoms with Gasteiger partial charge < -0.3 is 20.8 Å². The first-order valence-corrected chi connectivity index (χ1v) is 12.0. The van der Waals surface area contributed by atoms with Crippen LogP contribution in [-0.4, -0.2) is 48.3 Å². The maximum atomic E-state index is 7.57. The van der Waals surface area contributed by atoms with Crippen LogP contribution in [0.4, 0.5) is 0 Å². The Labute approximate surface area is 195 Å². The Bertz CT molecular complexity index is 567. The lowest BCUT2D eigenvalue weighted by Crippen LogP contribution is -2.46. The zero-order valence-electron chi connectivity index (χ0n) is 20.9. The first-order chi connectivity index (χ1) is 13.8. The van der Waals surface area contributed by atoms with Gasteiger partial charge in [0.05, 0.1) is 0 Å². The van der Waals surface area contributed by atoms with Gasteiger partial charge in [0.2, 0.25) is 0 Å². The van der Waals surface area contributed by atoms with E-state index in [1.54, 1.807) is 18.1 Å². The molecular formula is C27H56N2O2. The topological polar surface area (TPSA) is 67.0 Å². The van der Waals surface area contributed by atoms with E-state index in [0.717, 1.165) is 6.54 Å². The van der Waals surface area contributed by atoms with Crippen LogP contribution in [-0.2, 0) is 5.41 Å². The summed E-state index contributed by atoms with van der Waals surface area (Å²) in [5.41, 5.74) is 4.12. The van der Waals surface area contributed by atoms with E-state index < -0.39 is 0 Å². The lowest BCUT2D eigenvalue weighted by molar-refractivity contribution is 0.127. The fraction of sp³-hybridized carbons (Fsp3) is 0.778. The molecule has 4 heteroatoms. The van der Waals surface area contributed by atoms with E-state index in [9.17, 15) is 0 Å². The third-order valence-electron chi connectivity index (χ3n) is 6.26. The number of nitrogens with zero attached hydrogens (tertiary/aromatic N) is 1. The summed E-state index contributed by atoms with van der Waals surface area (Å²) in [4.78, 5) is 2.70. The highest BCUT2D eigenvalue weighted by Gasteiger charge is 2.41. The second-order valence-electron chi connectivity index (χ2n) is 9.49. The molecule has 3 rings (SSSR count). The molecule has 0 amide bonds. The van der Waals surface area contributed by atoms with E-state index in [4.69, 9.17) is 5.11 Å². The SMILES string of the molecule is C.CC.CCN[C@H]1CCC2(CCN(CCC(C)(C)C)CC2)c2ccccc21.CCO.O.[HH]. The molecule has 1 atom stereocenters. The summed E-state index contributed by atoms with van der Waals surface area (Å²) in [6, 6.07) is 9.83. The second kappa shape index (κ2) is 15.8. The van der Waals surface area contributed by atoms with E-state index in [2.05, 4.69) is 62.2 Å². The van der Waals surface area contributed by atoms with Gasteiger partial charge in [-0.3, -0.25) is 0 Å². The lowest BCUT2D eigenvalue weighted by atomic mass is 9.63. The highest BCUT2D eigenvalue weighted by molar-refractivity contribution is 5.39. The summed E-state index contributed by atoms with van der Waals surface area (Å²) < 4.78 is 0. The van der Waals surface area contributed by atoms with Crippen molar-refractivity contribution in [3.05, 3.63) is 35.4 Å². The molecule has 1 aliphatic carbocycles. The average molecular weight is 441 g/mol. The molecule has 1 aromatic carbocycles. The van der Waals surface area contributed by atoms with Gasteiger partial charge in [-0.05, 0) is 87.2 Å². The molecule has 1 spiro atoms. The van der Waals surface area contributed by atoms with Crippen molar-refractivity contribution in [2.75, 3.05) is 32.8 Å². The zero-order chi connectivity index (χ0) is 21.9. The highest BCUT2D eigenvalue weighted by atomic mass is 16.2. The molecular weight excluding hydrogens is 384 g/mol. The number of aliphatic hydroxyl groups excluding tert-OH is 1. The maximum absolute atomic E-state index is 7.57. The van der Waals surface area contributed by atoms with Crippen molar-refractivity contribution in [1.29, 1.82) is 0 Å². The van der Waals surface area contributed by atoms with E-state index in [-0.39, 0.29) is 20.9 Å². The number of nitrogens with one attached hydrogen (secondary N) is 1. The maximum Gasteiger partial charge on any atom is 0.0402 e. The standard InChI is InChI=1S/C22H36N2.C2H6O.C2H6.CH4.H2O.H2/c1-5-23-20-10-11-22(19-9-7-6-8-18(19)20)13-16-24(17-14-22)15-12-21(2,3)4;1-2-3;1-2;;;/h6-9,20,23H,5,10-17H2,1-4H3;3H,2H2,1H3;1-2H3;1H4;1H2;1H/t20-;;;;;/m0...../s1. The summed E-state index contributed by atoms with van der Waals surface area (Å²) in [7, 11) is 0. The van der Waals surface area contributed by atoms with Crippen LogP contribution in [0.1, 0.15) is 107 Å². The minimum Gasteiger partial charge on any atom is -0.412 e. The predicted molar refractivity (Wildman–Crippen MR) is 140 cm³/mol. The van der Waals surface area contributed by atoms with Gasteiger partial charge in [-0.2, -0.15) is 0 Å². The van der Waals surface area contributed by atoms with E-state index in [1.807, 2.05) is 13.8 Å².